The fraction of sp³-hybridized carbons (Fsp3) is 0.889. The molecule has 5 heteroatoms. The van der Waals surface area contributed by atoms with Crippen LogP contribution in [0.15, 0.2) is 0 Å². The van der Waals surface area contributed by atoms with Gasteiger partial charge < -0.3 is 5.32 Å². The lowest BCUT2D eigenvalue weighted by molar-refractivity contribution is 0.421. The molecule has 0 aromatic carbocycles. The number of tetrazole rings is 1. The van der Waals surface area contributed by atoms with Crippen molar-refractivity contribution in [1.82, 2.24) is 25.5 Å². The summed E-state index contributed by atoms with van der Waals surface area (Å²) in [7, 11) is 0. The van der Waals surface area contributed by atoms with Crippen LogP contribution in [0, 0.1) is 0 Å². The lowest BCUT2D eigenvalue weighted by atomic mass is 10.2. The second kappa shape index (κ2) is 5.05. The quantitative estimate of drug-likeness (QED) is 0.773. The zero-order valence-electron chi connectivity index (χ0n) is 9.36. The number of hydrogen-bond acceptors (Lipinski definition) is 4. The van der Waals surface area contributed by atoms with Crippen LogP contribution in [0.2, 0.25) is 0 Å². The van der Waals surface area contributed by atoms with Gasteiger partial charge in [0.25, 0.3) is 0 Å². The smallest absolute Gasteiger partial charge is 0.168 e. The molecule has 0 aliphatic heterocycles. The maximum Gasteiger partial charge on any atom is 0.168 e. The van der Waals surface area contributed by atoms with Crippen LogP contribution >= 0.6 is 0 Å². The van der Waals surface area contributed by atoms with Crippen LogP contribution in [0.1, 0.15) is 52.0 Å². The number of rotatable bonds is 5. The molecule has 1 rings (SSSR count). The molecule has 80 valence electrons. The van der Waals surface area contributed by atoms with Gasteiger partial charge >= 0.3 is 0 Å². The standard InChI is InChI=1S/C9H19N5/c1-5-7(3)14-9(11-12-13-14)8(4)10-6-2/h7-8,10H,5-6H2,1-4H3. The topological polar surface area (TPSA) is 55.6 Å². The molecule has 14 heavy (non-hydrogen) atoms. The summed E-state index contributed by atoms with van der Waals surface area (Å²) < 4.78 is 1.90. The van der Waals surface area contributed by atoms with Crippen LogP contribution < -0.4 is 5.32 Å². The summed E-state index contributed by atoms with van der Waals surface area (Å²) in [6.07, 6.45) is 1.04. The van der Waals surface area contributed by atoms with E-state index >= 15 is 0 Å². The molecule has 1 N–H and O–H groups in total. The molecular formula is C9H19N5. The molecule has 0 saturated heterocycles. The van der Waals surface area contributed by atoms with Crippen LogP contribution in [0.25, 0.3) is 0 Å². The summed E-state index contributed by atoms with van der Waals surface area (Å²) in [5.74, 6) is 0.918. The van der Waals surface area contributed by atoms with E-state index in [1.165, 1.54) is 0 Å². The molecule has 2 unspecified atom stereocenters. The van der Waals surface area contributed by atoms with E-state index in [0.717, 1.165) is 18.8 Å². The van der Waals surface area contributed by atoms with Gasteiger partial charge in [0.05, 0.1) is 12.1 Å². The molecule has 1 heterocycles. The average molecular weight is 197 g/mol. The molecule has 0 aliphatic carbocycles. The van der Waals surface area contributed by atoms with E-state index < -0.39 is 0 Å². The lowest BCUT2D eigenvalue weighted by Crippen LogP contribution is -2.23. The zero-order chi connectivity index (χ0) is 10.6. The summed E-state index contributed by atoms with van der Waals surface area (Å²) in [5, 5.41) is 15.1. The second-order valence-corrected chi connectivity index (χ2v) is 3.52. The Morgan fingerprint density at radius 2 is 2.07 bits per heavy atom. The van der Waals surface area contributed by atoms with Crippen molar-refractivity contribution in [1.29, 1.82) is 0 Å². The molecule has 0 spiro atoms. The van der Waals surface area contributed by atoms with Crippen molar-refractivity contribution in [2.24, 2.45) is 0 Å². The first kappa shape index (κ1) is 11.1. The fourth-order valence-electron chi connectivity index (χ4n) is 1.37. The minimum Gasteiger partial charge on any atom is -0.308 e. The lowest BCUT2D eigenvalue weighted by Gasteiger charge is -2.15. The third-order valence-corrected chi connectivity index (χ3v) is 2.42. The SMILES string of the molecule is CCNC(C)c1nnnn1C(C)CC. The second-order valence-electron chi connectivity index (χ2n) is 3.52. The highest BCUT2D eigenvalue weighted by Gasteiger charge is 2.16. The highest BCUT2D eigenvalue weighted by atomic mass is 15.6. The largest absolute Gasteiger partial charge is 0.308 e. The predicted octanol–water partition coefficient (Wildman–Crippen LogP) is 1.31. The maximum atomic E-state index is 4.04. The van der Waals surface area contributed by atoms with E-state index in [1.807, 2.05) is 4.68 Å². The Morgan fingerprint density at radius 3 is 2.64 bits per heavy atom. The fourth-order valence-corrected chi connectivity index (χ4v) is 1.37. The maximum absolute atomic E-state index is 4.04. The Kier molecular flexibility index (Phi) is 4.00. The highest BCUT2D eigenvalue weighted by molar-refractivity contribution is 4.90. The van der Waals surface area contributed by atoms with Crippen molar-refractivity contribution in [3.8, 4) is 0 Å². The van der Waals surface area contributed by atoms with Gasteiger partial charge in [-0.3, -0.25) is 0 Å². The Hall–Kier alpha value is -0.970. The third kappa shape index (κ3) is 2.29. The number of nitrogens with zero attached hydrogens (tertiary/aromatic N) is 4. The Bertz CT molecular complexity index is 270. The monoisotopic (exact) mass is 197 g/mol. The molecule has 0 saturated carbocycles. The van der Waals surface area contributed by atoms with Crippen molar-refractivity contribution >= 4 is 0 Å². The third-order valence-electron chi connectivity index (χ3n) is 2.42. The minimum atomic E-state index is 0.212. The van der Waals surface area contributed by atoms with Crippen molar-refractivity contribution in [2.75, 3.05) is 6.54 Å². The van der Waals surface area contributed by atoms with Gasteiger partial charge in [-0.1, -0.05) is 13.8 Å². The first-order valence-corrected chi connectivity index (χ1v) is 5.21. The van der Waals surface area contributed by atoms with E-state index in [0.29, 0.717) is 6.04 Å². The van der Waals surface area contributed by atoms with Crippen molar-refractivity contribution < 1.29 is 0 Å². The van der Waals surface area contributed by atoms with Crippen LogP contribution in [-0.4, -0.2) is 26.8 Å². The first-order chi connectivity index (χ1) is 6.70. The summed E-state index contributed by atoms with van der Waals surface area (Å²) in [6.45, 7) is 9.34. The van der Waals surface area contributed by atoms with E-state index in [-0.39, 0.29) is 6.04 Å². The van der Waals surface area contributed by atoms with Crippen LogP contribution in [0.5, 0.6) is 0 Å². The number of nitrogens with one attached hydrogen (secondary N) is 1. The molecular weight excluding hydrogens is 178 g/mol. The summed E-state index contributed by atoms with van der Waals surface area (Å²) in [5.41, 5.74) is 0. The molecule has 5 nitrogen and oxygen atoms in total. The van der Waals surface area contributed by atoms with Crippen LogP contribution in [0.4, 0.5) is 0 Å². The van der Waals surface area contributed by atoms with Crippen molar-refractivity contribution in [3.63, 3.8) is 0 Å². The van der Waals surface area contributed by atoms with Crippen LogP contribution in [-0.2, 0) is 0 Å². The van der Waals surface area contributed by atoms with Gasteiger partial charge in [0.1, 0.15) is 0 Å². The highest BCUT2D eigenvalue weighted by Crippen LogP contribution is 2.14. The van der Waals surface area contributed by atoms with Gasteiger partial charge in [-0.25, -0.2) is 4.68 Å². The van der Waals surface area contributed by atoms with Gasteiger partial charge in [0.2, 0.25) is 0 Å². The molecule has 1 aromatic heterocycles. The molecule has 2 atom stereocenters. The number of hydrogen-bond donors (Lipinski definition) is 1. The summed E-state index contributed by atoms with van der Waals surface area (Å²) >= 11 is 0. The predicted molar refractivity (Wildman–Crippen MR) is 54.9 cm³/mol. The summed E-state index contributed by atoms with van der Waals surface area (Å²) in [4.78, 5) is 0. The molecule has 0 bridgehead atoms. The van der Waals surface area contributed by atoms with Gasteiger partial charge in [0, 0.05) is 0 Å². The Balaban J connectivity index is 2.81. The molecule has 0 fully saturated rings. The van der Waals surface area contributed by atoms with Gasteiger partial charge in [-0.05, 0) is 37.2 Å². The molecule has 0 amide bonds. The van der Waals surface area contributed by atoms with Crippen LogP contribution in [0.3, 0.4) is 0 Å². The normalized spacial score (nSPS) is 15.4. The van der Waals surface area contributed by atoms with Gasteiger partial charge in [0.15, 0.2) is 5.82 Å². The average Bonchev–Trinajstić information content (AvgIpc) is 2.65. The molecule has 0 radical (unpaired) electrons. The molecule has 1 aromatic rings. The van der Waals surface area contributed by atoms with E-state index in [2.05, 4.69) is 48.5 Å². The Labute approximate surface area is 84.9 Å². The summed E-state index contributed by atoms with van der Waals surface area (Å²) in [6, 6.07) is 0.574. The molecule has 0 aliphatic rings. The van der Waals surface area contributed by atoms with E-state index in [4.69, 9.17) is 0 Å². The van der Waals surface area contributed by atoms with Crippen molar-refractivity contribution in [2.45, 2.75) is 46.2 Å². The Morgan fingerprint density at radius 1 is 1.36 bits per heavy atom. The van der Waals surface area contributed by atoms with Gasteiger partial charge in [-0.2, -0.15) is 0 Å². The number of aromatic nitrogens is 4. The van der Waals surface area contributed by atoms with E-state index in [1.54, 1.807) is 0 Å². The minimum absolute atomic E-state index is 0.212. The first-order valence-electron chi connectivity index (χ1n) is 5.21. The van der Waals surface area contributed by atoms with Crippen molar-refractivity contribution in [3.05, 3.63) is 5.82 Å². The van der Waals surface area contributed by atoms with E-state index in [9.17, 15) is 0 Å². The van der Waals surface area contributed by atoms with Gasteiger partial charge in [-0.15, -0.1) is 5.10 Å². The zero-order valence-corrected chi connectivity index (χ0v) is 9.36.